The van der Waals surface area contributed by atoms with E-state index >= 15 is 4.39 Å². The average Bonchev–Trinajstić information content (AvgIpc) is 3.27. The molecule has 0 radical (unpaired) electrons. The number of hydrogen-bond donors (Lipinski definition) is 3. The number of aliphatic hydroxyl groups is 1. The minimum Gasteiger partial charge on any atom is -0.372 e. The summed E-state index contributed by atoms with van der Waals surface area (Å²) < 4.78 is 21.3. The van der Waals surface area contributed by atoms with Gasteiger partial charge in [0.25, 0.3) is 0 Å². The van der Waals surface area contributed by atoms with E-state index in [0.717, 1.165) is 12.8 Å². The third-order valence-electron chi connectivity index (χ3n) is 6.13. The van der Waals surface area contributed by atoms with Crippen molar-refractivity contribution in [2.45, 2.75) is 38.5 Å². The normalized spacial score (nSPS) is 17.8. The van der Waals surface area contributed by atoms with Crippen molar-refractivity contribution in [2.75, 3.05) is 10.6 Å². The number of aryl methyl sites for hydroxylation is 2. The average molecular weight is 470 g/mol. The molecule has 7 nitrogen and oxygen atoms in total. The lowest BCUT2D eigenvalue weighted by Crippen LogP contribution is -2.30. The van der Waals surface area contributed by atoms with Gasteiger partial charge in [-0.3, -0.25) is 0 Å². The summed E-state index contributed by atoms with van der Waals surface area (Å²) in [4.78, 5) is 8.85. The molecule has 0 spiro atoms. The van der Waals surface area contributed by atoms with Gasteiger partial charge in [-0.2, -0.15) is 0 Å². The second kappa shape index (κ2) is 7.09. The molecule has 2 aliphatic rings. The van der Waals surface area contributed by atoms with Crippen LogP contribution in [0.1, 0.15) is 39.9 Å². The monoisotopic (exact) mass is 469 g/mol. The molecule has 4 heterocycles. The van der Waals surface area contributed by atoms with Crippen molar-refractivity contribution in [3.05, 3.63) is 62.1 Å². The van der Waals surface area contributed by atoms with Gasteiger partial charge in [-0.1, -0.05) is 5.16 Å². The van der Waals surface area contributed by atoms with E-state index in [2.05, 4.69) is 25.8 Å². The highest BCUT2D eigenvalue weighted by Crippen LogP contribution is 2.51. The van der Waals surface area contributed by atoms with Crippen LogP contribution in [0.5, 0.6) is 0 Å². The van der Waals surface area contributed by atoms with Crippen LogP contribution in [0.3, 0.4) is 0 Å². The molecule has 1 atom stereocenters. The molecule has 3 aromatic heterocycles. The SMILES string of the molecule is Cc1noc(C)c1-c1cc(C(O)(c2nccs2)c2nccs2)c2c(c1F)NC(C1CC1)N2. The van der Waals surface area contributed by atoms with E-state index in [4.69, 9.17) is 4.52 Å². The quantitative estimate of drug-likeness (QED) is 0.384. The van der Waals surface area contributed by atoms with E-state index in [1.807, 2.05) is 10.8 Å². The Morgan fingerprint density at radius 1 is 1.09 bits per heavy atom. The first-order valence-corrected chi connectivity index (χ1v) is 12.1. The first-order valence-electron chi connectivity index (χ1n) is 10.3. The zero-order valence-electron chi connectivity index (χ0n) is 17.3. The maximum atomic E-state index is 15.9. The highest BCUT2D eigenvalue weighted by Gasteiger charge is 2.46. The summed E-state index contributed by atoms with van der Waals surface area (Å²) in [7, 11) is 0. The summed E-state index contributed by atoms with van der Waals surface area (Å²) in [6.45, 7) is 3.54. The molecule has 0 amide bonds. The van der Waals surface area contributed by atoms with Crippen LogP contribution in [-0.2, 0) is 5.60 Å². The van der Waals surface area contributed by atoms with Gasteiger partial charge in [0.2, 0.25) is 0 Å². The fourth-order valence-corrected chi connectivity index (χ4v) is 5.98. The van der Waals surface area contributed by atoms with Crippen LogP contribution < -0.4 is 10.6 Å². The molecule has 6 rings (SSSR count). The Morgan fingerprint density at radius 2 is 1.75 bits per heavy atom. The van der Waals surface area contributed by atoms with Crippen molar-refractivity contribution < 1.29 is 14.0 Å². The molecule has 10 heteroatoms. The molecule has 1 aliphatic carbocycles. The molecular weight excluding hydrogens is 449 g/mol. The number of hydrogen-bond acceptors (Lipinski definition) is 9. The van der Waals surface area contributed by atoms with E-state index in [9.17, 15) is 5.11 Å². The Labute approximate surface area is 191 Å². The number of anilines is 2. The summed E-state index contributed by atoms with van der Waals surface area (Å²) in [5, 5.41) is 27.6. The molecule has 3 N–H and O–H groups in total. The van der Waals surface area contributed by atoms with Crippen LogP contribution in [0.15, 0.2) is 33.7 Å². The number of thiazole rings is 2. The van der Waals surface area contributed by atoms with Crippen molar-refractivity contribution >= 4 is 34.0 Å². The van der Waals surface area contributed by atoms with E-state index in [1.54, 1.807) is 32.3 Å². The molecule has 1 saturated carbocycles. The van der Waals surface area contributed by atoms with Crippen LogP contribution in [0, 0.1) is 25.6 Å². The van der Waals surface area contributed by atoms with E-state index < -0.39 is 11.4 Å². The van der Waals surface area contributed by atoms with Gasteiger partial charge in [-0.15, -0.1) is 22.7 Å². The predicted octanol–water partition coefficient (Wildman–Crippen LogP) is 4.87. The zero-order valence-corrected chi connectivity index (χ0v) is 19.0. The second-order valence-corrected chi connectivity index (χ2v) is 10.0. The van der Waals surface area contributed by atoms with Crippen LogP contribution in [0.4, 0.5) is 15.8 Å². The number of aromatic nitrogens is 3. The molecule has 0 saturated heterocycles. The first kappa shape index (κ1) is 19.8. The van der Waals surface area contributed by atoms with E-state index in [0.29, 0.717) is 55.5 Å². The number of nitrogens with zero attached hydrogens (tertiary/aromatic N) is 3. The highest BCUT2D eigenvalue weighted by atomic mass is 32.1. The molecular formula is C22H20FN5O2S2. The lowest BCUT2D eigenvalue weighted by molar-refractivity contribution is 0.125. The molecule has 32 heavy (non-hydrogen) atoms. The lowest BCUT2D eigenvalue weighted by Gasteiger charge is -2.27. The number of halogens is 1. The fraction of sp³-hybridized carbons (Fsp3) is 0.318. The van der Waals surface area contributed by atoms with Crippen molar-refractivity contribution in [1.82, 2.24) is 15.1 Å². The molecule has 1 aromatic carbocycles. The number of benzene rings is 1. The maximum absolute atomic E-state index is 15.9. The first-order chi connectivity index (χ1) is 15.5. The van der Waals surface area contributed by atoms with Crippen molar-refractivity contribution in [3.63, 3.8) is 0 Å². The molecule has 0 bridgehead atoms. The Bertz CT molecular complexity index is 1240. The third-order valence-corrected chi connectivity index (χ3v) is 7.90. The Kier molecular flexibility index (Phi) is 4.40. The Morgan fingerprint density at radius 3 is 2.28 bits per heavy atom. The molecule has 164 valence electrons. The van der Waals surface area contributed by atoms with Crippen LogP contribution >= 0.6 is 22.7 Å². The third kappa shape index (κ3) is 2.83. The summed E-state index contributed by atoms with van der Waals surface area (Å²) in [5.74, 6) is 0.545. The van der Waals surface area contributed by atoms with Gasteiger partial charge < -0.3 is 20.3 Å². The lowest BCUT2D eigenvalue weighted by atomic mass is 9.88. The zero-order chi connectivity index (χ0) is 22.0. The van der Waals surface area contributed by atoms with Gasteiger partial charge in [0, 0.05) is 34.3 Å². The fourth-order valence-electron chi connectivity index (χ4n) is 4.42. The van der Waals surface area contributed by atoms with Gasteiger partial charge in [-0.05, 0) is 38.7 Å². The minimum atomic E-state index is -1.64. The summed E-state index contributed by atoms with van der Waals surface area (Å²) in [6, 6.07) is 1.69. The van der Waals surface area contributed by atoms with Crippen molar-refractivity contribution in [1.29, 1.82) is 0 Å². The highest BCUT2D eigenvalue weighted by molar-refractivity contribution is 7.11. The molecule has 1 fully saturated rings. The Hall–Kier alpha value is -2.82. The smallest absolute Gasteiger partial charge is 0.195 e. The standard InChI is InChI=1S/C22H20FN5O2S2/c1-10-15(11(2)30-28-10)13-9-14(17-18(16(13)23)27-19(26-17)12-3-4-12)22(29,20-24-5-7-31-20)21-25-6-8-32-21/h5-9,12,19,26-27,29H,3-4H2,1-2H3. The predicted molar refractivity (Wildman–Crippen MR) is 121 cm³/mol. The summed E-state index contributed by atoms with van der Waals surface area (Å²) in [6.07, 6.45) is 5.37. The number of nitrogens with one attached hydrogen (secondary N) is 2. The summed E-state index contributed by atoms with van der Waals surface area (Å²) >= 11 is 2.67. The van der Waals surface area contributed by atoms with Crippen molar-refractivity contribution in [3.8, 4) is 11.1 Å². The Balaban J connectivity index is 1.65. The van der Waals surface area contributed by atoms with Crippen molar-refractivity contribution in [2.24, 2.45) is 5.92 Å². The largest absolute Gasteiger partial charge is 0.372 e. The summed E-state index contributed by atoms with van der Waals surface area (Å²) in [5.41, 5.74) is 1.26. The van der Waals surface area contributed by atoms with Gasteiger partial charge in [0.05, 0.1) is 28.8 Å². The second-order valence-electron chi connectivity index (χ2n) is 8.22. The molecule has 1 unspecified atom stereocenters. The maximum Gasteiger partial charge on any atom is 0.195 e. The van der Waals surface area contributed by atoms with E-state index in [-0.39, 0.29) is 6.17 Å². The molecule has 4 aromatic rings. The number of rotatable bonds is 5. The number of fused-ring (bicyclic) bond motifs is 1. The van der Waals surface area contributed by atoms with Crippen LogP contribution in [-0.4, -0.2) is 26.4 Å². The van der Waals surface area contributed by atoms with Gasteiger partial charge in [0.15, 0.2) is 11.4 Å². The topological polar surface area (TPSA) is 96.1 Å². The van der Waals surface area contributed by atoms with Gasteiger partial charge >= 0.3 is 0 Å². The van der Waals surface area contributed by atoms with Crippen LogP contribution in [0.2, 0.25) is 0 Å². The van der Waals surface area contributed by atoms with Gasteiger partial charge in [-0.25, -0.2) is 14.4 Å². The minimum absolute atomic E-state index is 0.0880. The van der Waals surface area contributed by atoms with Gasteiger partial charge in [0.1, 0.15) is 15.8 Å². The van der Waals surface area contributed by atoms with Crippen LogP contribution in [0.25, 0.3) is 11.1 Å². The molecule has 1 aliphatic heterocycles. The van der Waals surface area contributed by atoms with E-state index in [1.165, 1.54) is 22.7 Å².